The minimum atomic E-state index is -3.54. The van der Waals surface area contributed by atoms with Gasteiger partial charge in [-0.3, -0.25) is 14.4 Å². The summed E-state index contributed by atoms with van der Waals surface area (Å²) in [5.74, 6) is -0.882. The van der Waals surface area contributed by atoms with Crippen LogP contribution in [0, 0.1) is 5.82 Å². The van der Waals surface area contributed by atoms with E-state index in [1.165, 1.54) is 34.4 Å². The second kappa shape index (κ2) is 8.79. The van der Waals surface area contributed by atoms with E-state index in [9.17, 15) is 17.6 Å². The third-order valence-corrected chi connectivity index (χ3v) is 8.17. The van der Waals surface area contributed by atoms with E-state index < -0.39 is 26.8 Å². The van der Waals surface area contributed by atoms with Crippen LogP contribution in [-0.2, 0) is 16.4 Å². The Balaban J connectivity index is 1.74. The van der Waals surface area contributed by atoms with Crippen LogP contribution < -0.4 is 4.90 Å². The number of amides is 1. The van der Waals surface area contributed by atoms with Crippen molar-refractivity contribution < 1.29 is 17.6 Å². The standard InChI is InChI=1S/C22H21FN4O3S2/c1-15(2)32(29,30)17-7-3-6-16(14-17)21(28)27(13-12-26-11-5-10-24-26)22-25-20-18(23)8-4-9-19(20)31-22/h3-11,14-15H,12-13H2,1-2H3. The Morgan fingerprint density at radius 3 is 2.66 bits per heavy atom. The van der Waals surface area contributed by atoms with Gasteiger partial charge in [-0.15, -0.1) is 0 Å². The van der Waals surface area contributed by atoms with Gasteiger partial charge in [0.25, 0.3) is 5.91 Å². The van der Waals surface area contributed by atoms with Crippen molar-refractivity contribution >= 4 is 42.4 Å². The number of thiazole rings is 1. The molecule has 0 radical (unpaired) electrons. The van der Waals surface area contributed by atoms with Crippen LogP contribution in [0.25, 0.3) is 10.2 Å². The molecule has 0 fully saturated rings. The second-order valence-corrected chi connectivity index (χ2v) is 10.9. The summed E-state index contributed by atoms with van der Waals surface area (Å²) in [6.07, 6.45) is 3.41. The molecule has 1 amide bonds. The fraction of sp³-hybridized carbons (Fsp3) is 0.227. The Bertz CT molecular complexity index is 1370. The maximum atomic E-state index is 14.2. The first-order valence-electron chi connectivity index (χ1n) is 9.95. The number of rotatable bonds is 7. The minimum Gasteiger partial charge on any atom is -0.282 e. The van der Waals surface area contributed by atoms with Crippen molar-refractivity contribution in [2.75, 3.05) is 11.4 Å². The highest BCUT2D eigenvalue weighted by atomic mass is 32.2. The van der Waals surface area contributed by atoms with Crippen LogP contribution in [-0.4, -0.2) is 40.9 Å². The van der Waals surface area contributed by atoms with Crippen molar-refractivity contribution in [3.63, 3.8) is 0 Å². The van der Waals surface area contributed by atoms with Crippen LogP contribution in [0.3, 0.4) is 0 Å². The van der Waals surface area contributed by atoms with E-state index >= 15 is 0 Å². The number of sulfone groups is 1. The van der Waals surface area contributed by atoms with Crippen molar-refractivity contribution in [3.05, 3.63) is 72.3 Å². The molecule has 2 aromatic heterocycles. The highest BCUT2D eigenvalue weighted by Gasteiger charge is 2.25. The molecule has 0 saturated heterocycles. The van der Waals surface area contributed by atoms with Gasteiger partial charge in [-0.05, 0) is 50.2 Å². The maximum Gasteiger partial charge on any atom is 0.260 e. The number of halogens is 1. The van der Waals surface area contributed by atoms with Gasteiger partial charge in [-0.25, -0.2) is 17.8 Å². The summed E-state index contributed by atoms with van der Waals surface area (Å²) in [6.45, 7) is 3.80. The van der Waals surface area contributed by atoms with Gasteiger partial charge in [-0.2, -0.15) is 5.10 Å². The molecule has 32 heavy (non-hydrogen) atoms. The average Bonchev–Trinajstić information content (AvgIpc) is 3.44. The number of aromatic nitrogens is 3. The first-order valence-corrected chi connectivity index (χ1v) is 12.3. The van der Waals surface area contributed by atoms with Crippen LogP contribution in [0.5, 0.6) is 0 Å². The molecular weight excluding hydrogens is 451 g/mol. The van der Waals surface area contributed by atoms with Gasteiger partial charge in [0.2, 0.25) is 0 Å². The van der Waals surface area contributed by atoms with Crippen LogP contribution in [0.2, 0.25) is 0 Å². The molecule has 0 aliphatic carbocycles. The quantitative estimate of drug-likeness (QED) is 0.403. The molecule has 0 saturated carbocycles. The zero-order valence-electron chi connectivity index (χ0n) is 17.5. The van der Waals surface area contributed by atoms with E-state index in [1.807, 2.05) is 0 Å². The van der Waals surface area contributed by atoms with E-state index in [-0.39, 0.29) is 22.5 Å². The van der Waals surface area contributed by atoms with E-state index in [4.69, 9.17) is 0 Å². The lowest BCUT2D eigenvalue weighted by Gasteiger charge is -2.20. The van der Waals surface area contributed by atoms with Gasteiger partial charge in [0.1, 0.15) is 11.3 Å². The first kappa shape index (κ1) is 22.1. The number of carbonyl (C=O) groups is 1. The van der Waals surface area contributed by atoms with Crippen molar-refractivity contribution in [3.8, 4) is 0 Å². The SMILES string of the molecule is CC(C)S(=O)(=O)c1cccc(C(=O)N(CCn2cccn2)c2nc3c(F)cccc3s2)c1. The number of hydrogen-bond acceptors (Lipinski definition) is 6. The number of fused-ring (bicyclic) bond motifs is 1. The summed E-state index contributed by atoms with van der Waals surface area (Å²) in [4.78, 5) is 19.4. The molecule has 0 spiro atoms. The number of para-hydroxylation sites is 1. The number of carbonyl (C=O) groups excluding carboxylic acids is 1. The molecule has 4 aromatic rings. The van der Waals surface area contributed by atoms with Crippen LogP contribution in [0.1, 0.15) is 24.2 Å². The van der Waals surface area contributed by atoms with E-state index in [1.54, 1.807) is 61.3 Å². The first-order chi connectivity index (χ1) is 15.3. The zero-order valence-corrected chi connectivity index (χ0v) is 19.1. The van der Waals surface area contributed by atoms with Gasteiger partial charge in [0, 0.05) is 24.5 Å². The highest BCUT2D eigenvalue weighted by molar-refractivity contribution is 7.92. The molecule has 0 atom stereocenters. The molecule has 2 aromatic carbocycles. The molecule has 2 heterocycles. The van der Waals surface area contributed by atoms with Crippen LogP contribution in [0.15, 0.2) is 65.8 Å². The van der Waals surface area contributed by atoms with Crippen molar-refractivity contribution in [2.45, 2.75) is 30.5 Å². The second-order valence-electron chi connectivity index (χ2n) is 7.43. The van der Waals surface area contributed by atoms with Gasteiger partial charge in [-0.1, -0.05) is 23.5 Å². The molecule has 7 nitrogen and oxygen atoms in total. The summed E-state index contributed by atoms with van der Waals surface area (Å²) in [5.41, 5.74) is 0.410. The normalized spacial score (nSPS) is 11.9. The Labute approximate surface area is 189 Å². The Morgan fingerprint density at radius 1 is 1.19 bits per heavy atom. The van der Waals surface area contributed by atoms with Crippen LogP contribution in [0.4, 0.5) is 9.52 Å². The lowest BCUT2D eigenvalue weighted by atomic mass is 10.2. The molecule has 0 bridgehead atoms. The number of benzene rings is 2. The van der Waals surface area contributed by atoms with Gasteiger partial charge in [0.05, 0.1) is 21.4 Å². The zero-order chi connectivity index (χ0) is 22.9. The fourth-order valence-electron chi connectivity index (χ4n) is 3.17. The van der Waals surface area contributed by atoms with Gasteiger partial charge in [0.15, 0.2) is 15.0 Å². The number of nitrogens with zero attached hydrogens (tertiary/aromatic N) is 4. The molecule has 0 aliphatic rings. The topological polar surface area (TPSA) is 85.2 Å². The monoisotopic (exact) mass is 472 g/mol. The molecule has 0 N–H and O–H groups in total. The van der Waals surface area contributed by atoms with E-state index in [0.717, 1.165) is 0 Å². The lowest BCUT2D eigenvalue weighted by molar-refractivity contribution is 0.0985. The highest BCUT2D eigenvalue weighted by Crippen LogP contribution is 2.31. The summed E-state index contributed by atoms with van der Waals surface area (Å²) >= 11 is 1.20. The average molecular weight is 473 g/mol. The third kappa shape index (κ3) is 4.28. The Hall–Kier alpha value is -3.11. The van der Waals surface area contributed by atoms with E-state index in [2.05, 4.69) is 10.1 Å². The van der Waals surface area contributed by atoms with Crippen molar-refractivity contribution in [1.82, 2.24) is 14.8 Å². The Kier molecular flexibility index (Phi) is 6.07. The molecule has 0 unspecified atom stereocenters. The molecule has 0 aliphatic heterocycles. The van der Waals surface area contributed by atoms with Gasteiger partial charge < -0.3 is 0 Å². The third-order valence-electron chi connectivity index (χ3n) is 4.98. The summed E-state index contributed by atoms with van der Waals surface area (Å²) in [6, 6.07) is 12.4. The maximum absolute atomic E-state index is 14.2. The molecule has 166 valence electrons. The smallest absolute Gasteiger partial charge is 0.260 e. The summed E-state index contributed by atoms with van der Waals surface area (Å²) in [7, 11) is -3.54. The predicted octanol–water partition coefficient (Wildman–Crippen LogP) is 4.16. The lowest BCUT2D eigenvalue weighted by Crippen LogP contribution is -2.34. The summed E-state index contributed by atoms with van der Waals surface area (Å²) < 4.78 is 41.7. The minimum absolute atomic E-state index is 0.0840. The van der Waals surface area contributed by atoms with Crippen molar-refractivity contribution in [1.29, 1.82) is 0 Å². The Morgan fingerprint density at radius 2 is 1.97 bits per heavy atom. The van der Waals surface area contributed by atoms with Crippen molar-refractivity contribution in [2.24, 2.45) is 0 Å². The van der Waals surface area contributed by atoms with E-state index in [0.29, 0.717) is 16.4 Å². The fourth-order valence-corrected chi connectivity index (χ4v) is 5.28. The van der Waals surface area contributed by atoms with Gasteiger partial charge >= 0.3 is 0 Å². The number of hydrogen-bond donors (Lipinski definition) is 0. The largest absolute Gasteiger partial charge is 0.282 e. The molecular formula is C22H21FN4O3S2. The number of anilines is 1. The molecule has 4 rings (SSSR count). The van der Waals surface area contributed by atoms with Crippen LogP contribution >= 0.6 is 11.3 Å². The predicted molar refractivity (Wildman–Crippen MR) is 122 cm³/mol. The summed E-state index contributed by atoms with van der Waals surface area (Å²) in [5, 5.41) is 3.88. The molecule has 10 heteroatoms.